The molecule has 4 rings (SSSR count). The molecular formula is C26H33N3O6S. The van der Waals surface area contributed by atoms with Gasteiger partial charge in [0, 0.05) is 26.2 Å². The molecule has 2 N–H and O–H groups in total. The molecule has 2 aliphatic heterocycles. The number of amides is 2. The number of ether oxygens (including phenoxy) is 2. The molecule has 2 aromatic carbocycles. The molecule has 2 fully saturated rings. The number of anilines is 1. The molecule has 36 heavy (non-hydrogen) atoms. The van der Waals surface area contributed by atoms with Crippen LogP contribution in [0.1, 0.15) is 53.3 Å². The smallest absolute Gasteiger partial charge is 0.259 e. The molecule has 2 aliphatic rings. The fraction of sp³-hybridized carbons (Fsp3) is 0.462. The van der Waals surface area contributed by atoms with Gasteiger partial charge in [-0.05, 0) is 61.9 Å². The van der Waals surface area contributed by atoms with E-state index in [2.05, 4.69) is 17.6 Å². The molecule has 0 aromatic heterocycles. The summed E-state index contributed by atoms with van der Waals surface area (Å²) >= 11 is 0. The molecule has 0 radical (unpaired) electrons. The summed E-state index contributed by atoms with van der Waals surface area (Å²) in [5.41, 5.74) is 0.681. The third-order valence-corrected chi connectivity index (χ3v) is 8.62. The van der Waals surface area contributed by atoms with E-state index in [9.17, 15) is 18.0 Å². The lowest BCUT2D eigenvalue weighted by Gasteiger charge is -2.29. The van der Waals surface area contributed by atoms with Crippen LogP contribution in [0.4, 0.5) is 5.69 Å². The van der Waals surface area contributed by atoms with E-state index in [0.29, 0.717) is 43.4 Å². The Hall–Kier alpha value is -2.95. The molecule has 0 unspecified atom stereocenters. The van der Waals surface area contributed by atoms with Crippen molar-refractivity contribution in [3.05, 3.63) is 53.6 Å². The maximum atomic E-state index is 13.3. The Labute approximate surface area is 212 Å². The van der Waals surface area contributed by atoms with Crippen LogP contribution in [0.3, 0.4) is 0 Å². The van der Waals surface area contributed by atoms with Crippen molar-refractivity contribution in [1.82, 2.24) is 9.62 Å². The van der Waals surface area contributed by atoms with Crippen molar-refractivity contribution >= 4 is 27.5 Å². The first kappa shape index (κ1) is 26.1. The summed E-state index contributed by atoms with van der Waals surface area (Å²) in [4.78, 5) is 26.1. The maximum absolute atomic E-state index is 13.3. The van der Waals surface area contributed by atoms with Crippen molar-refractivity contribution < 1.29 is 27.5 Å². The summed E-state index contributed by atoms with van der Waals surface area (Å²) in [5, 5.41) is 5.62. The Kier molecular flexibility index (Phi) is 8.28. The lowest BCUT2D eigenvalue weighted by Crippen LogP contribution is -2.38. The fourth-order valence-corrected chi connectivity index (χ4v) is 5.98. The number of hydrogen-bond donors (Lipinski definition) is 2. The Bertz CT molecular complexity index is 1200. The molecule has 0 bridgehead atoms. The van der Waals surface area contributed by atoms with Crippen LogP contribution in [0.15, 0.2) is 47.4 Å². The Morgan fingerprint density at radius 2 is 1.81 bits per heavy atom. The number of hydrogen-bond acceptors (Lipinski definition) is 6. The first-order chi connectivity index (χ1) is 17.3. The Morgan fingerprint density at radius 1 is 1.06 bits per heavy atom. The molecule has 10 heteroatoms. The minimum absolute atomic E-state index is 0.00670. The Morgan fingerprint density at radius 3 is 2.50 bits per heavy atom. The molecule has 2 saturated heterocycles. The van der Waals surface area contributed by atoms with E-state index in [-0.39, 0.29) is 28.2 Å². The average Bonchev–Trinajstić information content (AvgIpc) is 3.41. The zero-order valence-electron chi connectivity index (χ0n) is 20.7. The van der Waals surface area contributed by atoms with Gasteiger partial charge in [0.25, 0.3) is 11.8 Å². The van der Waals surface area contributed by atoms with Gasteiger partial charge in [0.05, 0.1) is 34.9 Å². The molecule has 1 atom stereocenters. The van der Waals surface area contributed by atoms with Gasteiger partial charge in [0.15, 0.2) is 0 Å². The molecule has 2 heterocycles. The highest BCUT2D eigenvalue weighted by Crippen LogP contribution is 2.28. The summed E-state index contributed by atoms with van der Waals surface area (Å²) in [5.74, 6) is -0.185. The van der Waals surface area contributed by atoms with Crippen LogP contribution < -0.4 is 15.4 Å². The van der Waals surface area contributed by atoms with Crippen molar-refractivity contribution in [3.63, 3.8) is 0 Å². The topological polar surface area (TPSA) is 114 Å². The minimum Gasteiger partial charge on any atom is -0.496 e. The van der Waals surface area contributed by atoms with Crippen LogP contribution in [-0.4, -0.2) is 64.0 Å². The van der Waals surface area contributed by atoms with Crippen molar-refractivity contribution in [2.24, 2.45) is 5.92 Å². The highest BCUT2D eigenvalue weighted by atomic mass is 32.2. The number of methoxy groups -OCH3 is 1. The molecule has 0 spiro atoms. The number of rotatable bonds is 8. The van der Waals surface area contributed by atoms with Gasteiger partial charge < -0.3 is 20.1 Å². The van der Waals surface area contributed by atoms with Crippen molar-refractivity contribution in [1.29, 1.82) is 0 Å². The molecule has 0 saturated carbocycles. The predicted molar refractivity (Wildman–Crippen MR) is 136 cm³/mol. The zero-order chi connectivity index (χ0) is 25.7. The van der Waals surface area contributed by atoms with E-state index in [1.807, 2.05) is 0 Å². The van der Waals surface area contributed by atoms with Crippen LogP contribution in [0, 0.1) is 5.92 Å². The lowest BCUT2D eigenvalue weighted by molar-refractivity contribution is 0.0858. The van der Waals surface area contributed by atoms with Gasteiger partial charge in [0.2, 0.25) is 10.0 Å². The SMILES string of the molecule is COc1ccc(S(=O)(=O)N2CCC(C)CC2)cc1C(=O)Nc1ccccc1C(=O)NC[C@@H]1CCCO1. The summed E-state index contributed by atoms with van der Waals surface area (Å²) < 4.78 is 38.8. The summed E-state index contributed by atoms with van der Waals surface area (Å²) in [6.07, 6.45) is 3.46. The van der Waals surface area contributed by atoms with Gasteiger partial charge in [-0.15, -0.1) is 0 Å². The fourth-order valence-electron chi connectivity index (χ4n) is 4.49. The number of para-hydroxylation sites is 1. The molecule has 9 nitrogen and oxygen atoms in total. The number of benzene rings is 2. The van der Waals surface area contributed by atoms with E-state index in [1.165, 1.54) is 29.6 Å². The molecule has 0 aliphatic carbocycles. The number of piperidine rings is 1. The van der Waals surface area contributed by atoms with Gasteiger partial charge in [0.1, 0.15) is 5.75 Å². The molecule has 194 valence electrons. The number of sulfonamides is 1. The second kappa shape index (κ2) is 11.4. The maximum Gasteiger partial charge on any atom is 0.259 e. The molecular weight excluding hydrogens is 482 g/mol. The monoisotopic (exact) mass is 515 g/mol. The first-order valence-electron chi connectivity index (χ1n) is 12.3. The third-order valence-electron chi connectivity index (χ3n) is 6.73. The second-order valence-electron chi connectivity index (χ2n) is 9.29. The second-order valence-corrected chi connectivity index (χ2v) is 11.2. The lowest BCUT2D eigenvalue weighted by atomic mass is 10.0. The summed E-state index contributed by atoms with van der Waals surface area (Å²) in [7, 11) is -2.34. The van der Waals surface area contributed by atoms with Gasteiger partial charge in [-0.25, -0.2) is 8.42 Å². The summed E-state index contributed by atoms with van der Waals surface area (Å²) in [6, 6.07) is 10.9. The van der Waals surface area contributed by atoms with E-state index in [1.54, 1.807) is 24.3 Å². The third kappa shape index (κ3) is 5.88. The van der Waals surface area contributed by atoms with Crippen molar-refractivity contribution in [2.45, 2.75) is 43.6 Å². The number of carbonyl (C=O) groups is 2. The van der Waals surface area contributed by atoms with Gasteiger partial charge in [-0.1, -0.05) is 19.1 Å². The van der Waals surface area contributed by atoms with Crippen LogP contribution in [0.2, 0.25) is 0 Å². The number of carbonyl (C=O) groups excluding carboxylic acids is 2. The largest absolute Gasteiger partial charge is 0.496 e. The zero-order valence-corrected chi connectivity index (χ0v) is 21.5. The highest BCUT2D eigenvalue weighted by Gasteiger charge is 2.29. The highest BCUT2D eigenvalue weighted by molar-refractivity contribution is 7.89. The van der Waals surface area contributed by atoms with Crippen LogP contribution in [0.5, 0.6) is 5.75 Å². The quantitative estimate of drug-likeness (QED) is 0.558. The van der Waals surface area contributed by atoms with E-state index >= 15 is 0 Å². The van der Waals surface area contributed by atoms with Crippen LogP contribution >= 0.6 is 0 Å². The Balaban J connectivity index is 1.54. The van der Waals surface area contributed by atoms with Gasteiger partial charge >= 0.3 is 0 Å². The van der Waals surface area contributed by atoms with Crippen LogP contribution in [0.25, 0.3) is 0 Å². The first-order valence-corrected chi connectivity index (χ1v) is 13.7. The molecule has 2 aromatic rings. The van der Waals surface area contributed by atoms with Crippen LogP contribution in [-0.2, 0) is 14.8 Å². The standard InChI is InChI=1S/C26H33N3O6S/c1-18-11-13-29(14-12-18)36(32,33)20-9-10-24(34-2)22(16-20)26(31)28-23-8-4-3-7-21(23)25(30)27-17-19-6-5-15-35-19/h3-4,7-10,16,18-19H,5-6,11-15,17H2,1-2H3,(H,27,30)(H,28,31)/t19-/m0/s1. The predicted octanol–water partition coefficient (Wildman–Crippen LogP) is 3.28. The number of nitrogens with zero attached hydrogens (tertiary/aromatic N) is 1. The van der Waals surface area contributed by atoms with E-state index < -0.39 is 15.9 Å². The molecule has 2 amide bonds. The van der Waals surface area contributed by atoms with E-state index in [0.717, 1.165) is 25.7 Å². The van der Waals surface area contributed by atoms with Gasteiger partial charge in [-0.2, -0.15) is 4.31 Å². The van der Waals surface area contributed by atoms with E-state index in [4.69, 9.17) is 9.47 Å². The van der Waals surface area contributed by atoms with Crippen molar-refractivity contribution in [3.8, 4) is 5.75 Å². The minimum atomic E-state index is -3.75. The number of nitrogens with one attached hydrogen (secondary N) is 2. The normalized spacial score (nSPS) is 19.1. The average molecular weight is 516 g/mol. The van der Waals surface area contributed by atoms with Crippen molar-refractivity contribution in [2.75, 3.05) is 38.7 Å². The van der Waals surface area contributed by atoms with Gasteiger partial charge in [-0.3, -0.25) is 9.59 Å². The summed E-state index contributed by atoms with van der Waals surface area (Å²) in [6.45, 7) is 4.10.